The summed E-state index contributed by atoms with van der Waals surface area (Å²) in [7, 11) is 1.23. The van der Waals surface area contributed by atoms with Gasteiger partial charge in [0.25, 0.3) is 0 Å². The molecule has 0 amide bonds. The zero-order chi connectivity index (χ0) is 11.6. The van der Waals surface area contributed by atoms with E-state index in [1.165, 1.54) is 7.11 Å². The summed E-state index contributed by atoms with van der Waals surface area (Å²) in [4.78, 5) is 11.4. The number of halogens is 2. The molecule has 82 valence electrons. The maximum atomic E-state index is 13.1. The Hall–Kier alpha value is -1.33. The van der Waals surface area contributed by atoms with Crippen LogP contribution in [0.5, 0.6) is 11.5 Å². The van der Waals surface area contributed by atoms with E-state index in [9.17, 15) is 14.3 Å². The van der Waals surface area contributed by atoms with E-state index in [-0.39, 0.29) is 17.9 Å². The number of ether oxygens (including phenoxy) is 1. The summed E-state index contributed by atoms with van der Waals surface area (Å²) in [5, 5.41) is 8.92. The number of carbonyl (C=O) groups is 1. The minimum Gasteiger partial charge on any atom is -0.504 e. The zero-order valence-corrected chi connectivity index (χ0v) is 8.64. The van der Waals surface area contributed by atoms with Gasteiger partial charge in [-0.05, 0) is 0 Å². The summed E-state index contributed by atoms with van der Waals surface area (Å²) >= 11 is 5.58. The van der Waals surface area contributed by atoms with Gasteiger partial charge in [-0.3, -0.25) is 4.79 Å². The topological polar surface area (TPSA) is 72.5 Å². The minimum atomic E-state index is -0.897. The molecule has 0 radical (unpaired) electrons. The van der Waals surface area contributed by atoms with Gasteiger partial charge in [0, 0.05) is 6.07 Å². The number of hydrogen-bond donors (Lipinski definition) is 2. The van der Waals surface area contributed by atoms with E-state index in [4.69, 9.17) is 22.1 Å². The Morgan fingerprint density at radius 3 is 2.80 bits per heavy atom. The van der Waals surface area contributed by atoms with Crippen LogP contribution in [0, 0.1) is 5.82 Å². The molecule has 0 heterocycles. The van der Waals surface area contributed by atoms with Gasteiger partial charge in [0.1, 0.15) is 5.82 Å². The molecule has 1 aromatic carbocycles. The lowest BCUT2D eigenvalue weighted by Gasteiger charge is -2.10. The molecule has 1 rings (SSSR count). The predicted molar refractivity (Wildman–Crippen MR) is 53.0 cm³/mol. The monoisotopic (exact) mass is 233 g/mol. The van der Waals surface area contributed by atoms with Gasteiger partial charge in [-0.25, -0.2) is 4.39 Å². The molecule has 0 saturated carbocycles. The highest BCUT2D eigenvalue weighted by Gasteiger charge is 2.22. The van der Waals surface area contributed by atoms with E-state index in [0.29, 0.717) is 0 Å². The van der Waals surface area contributed by atoms with Crippen LogP contribution in [0.4, 0.5) is 4.39 Å². The van der Waals surface area contributed by atoms with Crippen molar-refractivity contribution in [2.75, 3.05) is 13.7 Å². The number of methoxy groups -OCH3 is 1. The van der Waals surface area contributed by atoms with E-state index < -0.39 is 22.4 Å². The average Bonchev–Trinajstić information content (AvgIpc) is 2.21. The van der Waals surface area contributed by atoms with E-state index in [2.05, 4.69) is 0 Å². The molecule has 6 heteroatoms. The van der Waals surface area contributed by atoms with Crippen molar-refractivity contribution in [1.82, 2.24) is 0 Å². The first-order chi connectivity index (χ1) is 7.02. The Kier molecular flexibility index (Phi) is 3.49. The second kappa shape index (κ2) is 4.46. The normalized spacial score (nSPS) is 10.1. The fraction of sp³-hybridized carbons (Fsp3) is 0.222. The fourth-order valence-electron chi connectivity index (χ4n) is 1.15. The summed E-state index contributed by atoms with van der Waals surface area (Å²) in [5.41, 5.74) is 4.89. The standard InChI is InChI=1S/C9H9ClFNO3/c1-15-9-5(13)2-4(11)8(10)7(9)6(14)3-12/h2,13H,3,12H2,1H3. The molecule has 4 nitrogen and oxygen atoms in total. The molecule has 0 unspecified atom stereocenters. The number of nitrogens with two attached hydrogens (primary N) is 1. The Morgan fingerprint density at radius 1 is 1.73 bits per heavy atom. The third kappa shape index (κ3) is 2.03. The molecule has 0 atom stereocenters. The summed E-state index contributed by atoms with van der Waals surface area (Å²) in [6.07, 6.45) is 0. The second-order valence-electron chi connectivity index (χ2n) is 2.73. The molecule has 0 aromatic heterocycles. The SMILES string of the molecule is COc1c(O)cc(F)c(Cl)c1C(=O)CN. The van der Waals surface area contributed by atoms with Crippen LogP contribution >= 0.6 is 11.6 Å². The molecule has 0 fully saturated rings. The molecule has 0 spiro atoms. The van der Waals surface area contributed by atoms with Crippen molar-refractivity contribution >= 4 is 17.4 Å². The minimum absolute atomic E-state index is 0.170. The number of phenolic OH excluding ortho intramolecular Hbond substituents is 1. The third-order valence-corrected chi connectivity index (χ3v) is 2.19. The van der Waals surface area contributed by atoms with Crippen molar-refractivity contribution in [1.29, 1.82) is 0 Å². The first-order valence-corrected chi connectivity index (χ1v) is 4.39. The maximum Gasteiger partial charge on any atom is 0.181 e. The maximum absolute atomic E-state index is 13.1. The molecular formula is C9H9ClFNO3. The molecule has 0 aliphatic heterocycles. The third-order valence-electron chi connectivity index (χ3n) is 1.82. The van der Waals surface area contributed by atoms with E-state index in [1.807, 2.05) is 0 Å². The largest absolute Gasteiger partial charge is 0.504 e. The van der Waals surface area contributed by atoms with Crippen molar-refractivity contribution in [3.8, 4) is 11.5 Å². The highest BCUT2D eigenvalue weighted by Crippen LogP contribution is 2.37. The second-order valence-corrected chi connectivity index (χ2v) is 3.11. The van der Waals surface area contributed by atoms with Crippen molar-refractivity contribution in [2.45, 2.75) is 0 Å². The molecule has 1 aromatic rings. The van der Waals surface area contributed by atoms with E-state index in [0.717, 1.165) is 6.07 Å². The lowest BCUT2D eigenvalue weighted by Crippen LogP contribution is -2.15. The summed E-state index contributed by atoms with van der Waals surface area (Å²) < 4.78 is 17.9. The molecule has 15 heavy (non-hydrogen) atoms. The van der Waals surface area contributed by atoms with Crippen molar-refractivity contribution in [2.24, 2.45) is 5.73 Å². The van der Waals surface area contributed by atoms with Gasteiger partial charge in [-0.2, -0.15) is 0 Å². The Bertz CT molecular complexity index is 409. The number of Topliss-reactive ketones (excluding diaryl/α,β-unsaturated/α-hetero) is 1. The first-order valence-electron chi connectivity index (χ1n) is 4.01. The van der Waals surface area contributed by atoms with Crippen LogP contribution in [0.3, 0.4) is 0 Å². The van der Waals surface area contributed by atoms with Crippen LogP contribution < -0.4 is 10.5 Å². The number of phenols is 1. The summed E-state index contributed by atoms with van der Waals surface area (Å²) in [5.74, 6) is -2.16. The van der Waals surface area contributed by atoms with Gasteiger partial charge >= 0.3 is 0 Å². The van der Waals surface area contributed by atoms with Gasteiger partial charge in [0.15, 0.2) is 17.3 Å². The molecular weight excluding hydrogens is 225 g/mol. The molecule has 0 aliphatic carbocycles. The summed E-state index contributed by atoms with van der Waals surface area (Å²) in [6, 6.07) is 0.772. The number of ketones is 1. The van der Waals surface area contributed by atoms with Crippen molar-refractivity contribution in [3.63, 3.8) is 0 Å². The number of benzene rings is 1. The highest BCUT2D eigenvalue weighted by atomic mass is 35.5. The van der Waals surface area contributed by atoms with Crippen LogP contribution in [0.1, 0.15) is 10.4 Å². The van der Waals surface area contributed by atoms with Crippen molar-refractivity contribution < 1.29 is 19.0 Å². The van der Waals surface area contributed by atoms with Crippen LogP contribution in [0.2, 0.25) is 5.02 Å². The van der Waals surface area contributed by atoms with Gasteiger partial charge in [-0.15, -0.1) is 0 Å². The molecule has 0 bridgehead atoms. The van der Waals surface area contributed by atoms with E-state index >= 15 is 0 Å². The molecule has 0 saturated heterocycles. The number of hydrogen-bond acceptors (Lipinski definition) is 4. The van der Waals surface area contributed by atoms with Crippen LogP contribution in [0.15, 0.2) is 6.07 Å². The predicted octanol–water partition coefficient (Wildman–Crippen LogP) is 1.33. The van der Waals surface area contributed by atoms with Crippen LogP contribution in [-0.2, 0) is 0 Å². The lowest BCUT2D eigenvalue weighted by molar-refractivity contribution is 0.0997. The van der Waals surface area contributed by atoms with E-state index in [1.54, 1.807) is 0 Å². The lowest BCUT2D eigenvalue weighted by atomic mass is 10.1. The van der Waals surface area contributed by atoms with Crippen molar-refractivity contribution in [3.05, 3.63) is 22.5 Å². The Morgan fingerprint density at radius 2 is 2.33 bits per heavy atom. The van der Waals surface area contributed by atoms with Gasteiger partial charge in [0.05, 0.1) is 24.2 Å². The summed E-state index contributed by atoms with van der Waals surface area (Å²) in [6.45, 7) is -0.348. The van der Waals surface area contributed by atoms with Gasteiger partial charge < -0.3 is 15.6 Å². The number of aromatic hydroxyl groups is 1. The zero-order valence-electron chi connectivity index (χ0n) is 7.88. The first kappa shape index (κ1) is 11.7. The molecule has 3 N–H and O–H groups in total. The smallest absolute Gasteiger partial charge is 0.181 e. The number of rotatable bonds is 3. The quantitative estimate of drug-likeness (QED) is 0.773. The van der Waals surface area contributed by atoms with Gasteiger partial charge in [0.2, 0.25) is 0 Å². The highest BCUT2D eigenvalue weighted by molar-refractivity contribution is 6.34. The Labute approximate surface area is 90.4 Å². The average molecular weight is 234 g/mol. The van der Waals surface area contributed by atoms with Gasteiger partial charge in [-0.1, -0.05) is 11.6 Å². The Balaban J connectivity index is 3.50. The number of carbonyl (C=O) groups excluding carboxylic acids is 1. The molecule has 0 aliphatic rings. The van der Waals surface area contributed by atoms with Crippen LogP contribution in [-0.4, -0.2) is 24.5 Å². The fourth-order valence-corrected chi connectivity index (χ4v) is 1.40. The van der Waals surface area contributed by atoms with Crippen LogP contribution in [0.25, 0.3) is 0 Å².